The van der Waals surface area contributed by atoms with Gasteiger partial charge in [-0.25, -0.2) is 0 Å². The molecule has 0 bridgehead atoms. The molecule has 0 radical (unpaired) electrons. The molecule has 3 fully saturated rings. The zero-order valence-corrected chi connectivity index (χ0v) is 27.0. The SMILES string of the molecule is COc1cccc2c1C(=O)c1c(O)c3c(c(O)c1C2=O)C[C@@](O)(C(=O)COC(C)C)C[C@@H]3O[C@H]1CC2[C@H](O[C@@H]3[C@@H](O)OCCN23)[C@H](C)O1. The molecule has 0 amide bonds. The van der Waals surface area contributed by atoms with E-state index >= 15 is 0 Å². The van der Waals surface area contributed by atoms with Gasteiger partial charge in [0.1, 0.15) is 35.6 Å². The van der Waals surface area contributed by atoms with Gasteiger partial charge in [-0.3, -0.25) is 19.3 Å². The Morgan fingerprint density at radius 3 is 2.58 bits per heavy atom. The van der Waals surface area contributed by atoms with Crippen LogP contribution >= 0.6 is 0 Å². The topological polar surface area (TPSA) is 191 Å². The zero-order chi connectivity index (χ0) is 34.2. The van der Waals surface area contributed by atoms with Gasteiger partial charge in [-0.1, -0.05) is 12.1 Å². The molecule has 3 heterocycles. The molecule has 0 saturated carbocycles. The van der Waals surface area contributed by atoms with Gasteiger partial charge in [0.2, 0.25) is 5.78 Å². The summed E-state index contributed by atoms with van der Waals surface area (Å²) in [5.41, 5.74) is -3.20. The molecule has 4 N–H and O–H groups in total. The van der Waals surface area contributed by atoms with Crippen LogP contribution in [-0.2, 0) is 34.9 Å². The molecule has 3 saturated heterocycles. The second kappa shape index (κ2) is 12.1. The van der Waals surface area contributed by atoms with Crippen LogP contribution in [0, 0.1) is 0 Å². The van der Waals surface area contributed by atoms with Crippen LogP contribution in [0.15, 0.2) is 18.2 Å². The van der Waals surface area contributed by atoms with Crippen molar-refractivity contribution >= 4 is 17.3 Å². The number of benzene rings is 2. The van der Waals surface area contributed by atoms with Gasteiger partial charge in [-0.2, -0.15) is 0 Å². The predicted molar refractivity (Wildman–Crippen MR) is 163 cm³/mol. The highest BCUT2D eigenvalue weighted by Crippen LogP contribution is 2.53. The Balaban J connectivity index is 1.30. The first-order valence-electron chi connectivity index (χ1n) is 16.1. The summed E-state index contributed by atoms with van der Waals surface area (Å²) < 4.78 is 35.0. The van der Waals surface area contributed by atoms with E-state index < -0.39 is 95.7 Å². The van der Waals surface area contributed by atoms with Gasteiger partial charge in [0, 0.05) is 48.5 Å². The quantitative estimate of drug-likeness (QED) is 0.265. The fraction of sp³-hybridized carbons (Fsp3) is 0.559. The standard InChI is InChI=1S/C34H39NO13/c1-14(2)45-13-21(36)34(42)11-17-24(30(40)26-25(28(17)38)27(37)16-6-5-7-19(43-4)23(16)29(26)39)20(12-34)47-22-10-18-31(15(3)46-22)48-32-33(41)44-9-8-35(18)32/h5-7,14-15,18,20,22,31-33,38,40-42H,8-13H2,1-4H3/t15-,18?,20-,22-,31+,32+,33-,34-/m0/s1. The van der Waals surface area contributed by atoms with E-state index in [-0.39, 0.29) is 53.0 Å². The number of carbonyl (C=O) groups is 3. The van der Waals surface area contributed by atoms with E-state index in [1.807, 2.05) is 4.90 Å². The first-order valence-corrected chi connectivity index (χ1v) is 16.1. The van der Waals surface area contributed by atoms with Crippen LogP contribution in [0.2, 0.25) is 0 Å². The minimum atomic E-state index is -2.13. The van der Waals surface area contributed by atoms with Crippen LogP contribution in [0.5, 0.6) is 17.2 Å². The number of ether oxygens (including phenoxy) is 6. The normalized spacial score (nSPS) is 32.7. The summed E-state index contributed by atoms with van der Waals surface area (Å²) in [6.45, 7) is 5.65. The number of fused-ring (bicyclic) bond motifs is 6. The molecule has 0 spiro atoms. The van der Waals surface area contributed by atoms with Crippen molar-refractivity contribution in [1.29, 1.82) is 0 Å². The van der Waals surface area contributed by atoms with Crippen molar-refractivity contribution in [1.82, 2.24) is 4.90 Å². The number of carbonyl (C=O) groups excluding carboxylic acids is 3. The van der Waals surface area contributed by atoms with Gasteiger partial charge in [-0.05, 0) is 26.8 Å². The van der Waals surface area contributed by atoms with Crippen LogP contribution in [0.25, 0.3) is 0 Å². The number of phenolic OH excluding ortho intramolecular Hbond substituents is 2. The summed E-state index contributed by atoms with van der Waals surface area (Å²) in [6.07, 6.45) is -5.87. The number of aliphatic hydroxyl groups excluding tert-OH is 1. The Kier molecular flexibility index (Phi) is 8.36. The van der Waals surface area contributed by atoms with Gasteiger partial charge >= 0.3 is 0 Å². The highest BCUT2D eigenvalue weighted by molar-refractivity contribution is 6.31. The van der Waals surface area contributed by atoms with Gasteiger partial charge in [-0.15, -0.1) is 0 Å². The lowest BCUT2D eigenvalue weighted by Gasteiger charge is -2.43. The molecule has 0 aromatic heterocycles. The lowest BCUT2D eigenvalue weighted by Crippen LogP contribution is -2.55. The van der Waals surface area contributed by atoms with Gasteiger partial charge in [0.25, 0.3) is 0 Å². The maximum Gasteiger partial charge on any atom is 0.202 e. The first-order chi connectivity index (χ1) is 22.8. The van der Waals surface area contributed by atoms with Crippen LogP contribution in [0.4, 0.5) is 0 Å². The number of aromatic hydroxyl groups is 2. The summed E-state index contributed by atoms with van der Waals surface area (Å²) in [5, 5.41) is 45.8. The molecule has 2 aromatic carbocycles. The second-order valence-electron chi connectivity index (χ2n) is 13.3. The Labute approximate surface area is 276 Å². The molecule has 8 atom stereocenters. The third kappa shape index (κ3) is 5.13. The Bertz CT molecular complexity index is 1670. The minimum Gasteiger partial charge on any atom is -0.507 e. The van der Waals surface area contributed by atoms with E-state index in [9.17, 15) is 34.8 Å². The fourth-order valence-electron chi connectivity index (χ4n) is 7.75. The maximum absolute atomic E-state index is 14.0. The van der Waals surface area contributed by atoms with Gasteiger partial charge < -0.3 is 48.8 Å². The van der Waals surface area contributed by atoms with Crippen molar-refractivity contribution in [2.45, 2.75) is 94.9 Å². The lowest BCUT2D eigenvalue weighted by molar-refractivity contribution is -0.252. The highest BCUT2D eigenvalue weighted by atomic mass is 16.7. The third-order valence-electron chi connectivity index (χ3n) is 10.0. The molecule has 7 rings (SSSR count). The number of methoxy groups -OCH3 is 1. The molecule has 258 valence electrons. The van der Waals surface area contributed by atoms with E-state index in [2.05, 4.69) is 0 Å². The smallest absolute Gasteiger partial charge is 0.202 e. The number of morpholine rings is 1. The number of nitrogens with zero attached hydrogens (tertiary/aromatic N) is 1. The number of aliphatic hydroxyl groups is 2. The Morgan fingerprint density at radius 1 is 1.10 bits per heavy atom. The van der Waals surface area contributed by atoms with Crippen LogP contribution < -0.4 is 4.74 Å². The summed E-state index contributed by atoms with van der Waals surface area (Å²) in [7, 11) is 1.35. The number of ketones is 3. The average Bonchev–Trinajstić information content (AvgIpc) is 3.44. The summed E-state index contributed by atoms with van der Waals surface area (Å²) >= 11 is 0. The monoisotopic (exact) mass is 669 g/mol. The number of Topliss-reactive ketones (excluding diaryl/α,β-unsaturated/α-hetero) is 1. The highest BCUT2D eigenvalue weighted by Gasteiger charge is 2.55. The molecule has 5 aliphatic rings. The molecule has 3 aliphatic heterocycles. The van der Waals surface area contributed by atoms with E-state index in [1.54, 1.807) is 20.8 Å². The van der Waals surface area contributed by atoms with Crippen molar-refractivity contribution in [3.05, 3.63) is 51.6 Å². The number of rotatable bonds is 7. The van der Waals surface area contributed by atoms with Crippen molar-refractivity contribution in [3.63, 3.8) is 0 Å². The maximum atomic E-state index is 14.0. The number of hydrogen-bond donors (Lipinski definition) is 4. The number of phenols is 2. The Hall–Kier alpha value is -3.47. The third-order valence-corrected chi connectivity index (χ3v) is 10.0. The fourth-order valence-corrected chi connectivity index (χ4v) is 7.75. The largest absolute Gasteiger partial charge is 0.507 e. The average molecular weight is 670 g/mol. The molecule has 1 unspecified atom stereocenters. The molecule has 14 nitrogen and oxygen atoms in total. The minimum absolute atomic E-state index is 0.0220. The van der Waals surface area contributed by atoms with Crippen LogP contribution in [0.3, 0.4) is 0 Å². The predicted octanol–water partition coefficient (Wildman–Crippen LogP) is 1.49. The molecule has 14 heteroatoms. The lowest BCUT2D eigenvalue weighted by atomic mass is 9.72. The van der Waals surface area contributed by atoms with E-state index in [0.29, 0.717) is 13.2 Å². The van der Waals surface area contributed by atoms with Crippen LogP contribution in [0.1, 0.15) is 82.7 Å². The molecule has 48 heavy (non-hydrogen) atoms. The van der Waals surface area contributed by atoms with E-state index in [1.165, 1.54) is 25.3 Å². The zero-order valence-electron chi connectivity index (χ0n) is 27.0. The van der Waals surface area contributed by atoms with Crippen molar-refractivity contribution in [2.75, 3.05) is 26.9 Å². The Morgan fingerprint density at radius 2 is 1.85 bits per heavy atom. The van der Waals surface area contributed by atoms with Gasteiger partial charge in [0.15, 0.2) is 30.4 Å². The van der Waals surface area contributed by atoms with Crippen LogP contribution in [-0.4, -0.2) is 118 Å². The molecular weight excluding hydrogens is 630 g/mol. The molecular formula is C34H39NO13. The van der Waals surface area contributed by atoms with E-state index in [4.69, 9.17) is 28.4 Å². The van der Waals surface area contributed by atoms with Gasteiger partial charge in [0.05, 0.1) is 48.7 Å². The van der Waals surface area contributed by atoms with Crippen molar-refractivity contribution < 1.29 is 63.2 Å². The number of hydrogen-bond acceptors (Lipinski definition) is 14. The summed E-state index contributed by atoms with van der Waals surface area (Å²) in [6, 6.07) is 4.23. The van der Waals surface area contributed by atoms with Crippen molar-refractivity contribution in [3.8, 4) is 17.2 Å². The van der Waals surface area contributed by atoms with Crippen molar-refractivity contribution in [2.24, 2.45) is 0 Å². The molecule has 2 aliphatic carbocycles. The summed E-state index contributed by atoms with van der Waals surface area (Å²) in [4.78, 5) is 43.3. The second-order valence-corrected chi connectivity index (χ2v) is 13.3. The van der Waals surface area contributed by atoms with E-state index in [0.717, 1.165) is 0 Å². The molecule has 2 aromatic rings. The summed E-state index contributed by atoms with van der Waals surface area (Å²) in [5.74, 6) is -3.27. The first kappa shape index (κ1) is 33.0.